The quantitative estimate of drug-likeness (QED) is 0.452. The predicted octanol–water partition coefficient (Wildman–Crippen LogP) is 0.967. The van der Waals surface area contributed by atoms with E-state index in [0.717, 1.165) is 0 Å². The molecule has 0 saturated carbocycles. The van der Waals surface area contributed by atoms with Crippen LogP contribution in [0.2, 0.25) is 0 Å². The summed E-state index contributed by atoms with van der Waals surface area (Å²) in [7, 11) is 2.90. The van der Waals surface area contributed by atoms with Crippen molar-refractivity contribution in [3.05, 3.63) is 23.8 Å². The van der Waals surface area contributed by atoms with E-state index in [9.17, 15) is 4.79 Å². The van der Waals surface area contributed by atoms with Gasteiger partial charge in [0.15, 0.2) is 17.2 Å². The van der Waals surface area contributed by atoms with Crippen molar-refractivity contribution in [2.24, 2.45) is 5.16 Å². The molecule has 86 valence electrons. The van der Waals surface area contributed by atoms with E-state index in [1.54, 1.807) is 0 Å². The van der Waals surface area contributed by atoms with Gasteiger partial charge in [0.1, 0.15) is 0 Å². The lowest BCUT2D eigenvalue weighted by molar-refractivity contribution is -0.129. The third kappa shape index (κ3) is 2.22. The molecule has 0 aliphatic rings. The molecule has 0 fully saturated rings. The molecule has 0 heterocycles. The summed E-state index contributed by atoms with van der Waals surface area (Å²) < 4.78 is 9.99. The molecule has 0 bridgehead atoms. The topological polar surface area (TPSA) is 88.4 Å². The smallest absolute Gasteiger partial charge is 0.358 e. The number of hydrogen-bond donors (Lipinski definition) is 2. The monoisotopic (exact) mass is 225 g/mol. The zero-order valence-corrected chi connectivity index (χ0v) is 8.80. The molecule has 1 aromatic rings. The molecule has 0 aliphatic carbocycles. The first kappa shape index (κ1) is 11.8. The van der Waals surface area contributed by atoms with Crippen LogP contribution in [0.25, 0.3) is 0 Å². The Morgan fingerprint density at radius 3 is 2.31 bits per heavy atom. The highest BCUT2D eigenvalue weighted by atomic mass is 16.5. The number of ether oxygens (including phenoxy) is 2. The molecule has 0 aliphatic heterocycles. The lowest BCUT2D eigenvalue weighted by Gasteiger charge is -2.08. The van der Waals surface area contributed by atoms with Crippen LogP contribution in [0.1, 0.15) is 5.56 Å². The van der Waals surface area contributed by atoms with E-state index in [4.69, 9.17) is 19.8 Å². The van der Waals surface area contributed by atoms with Gasteiger partial charge in [-0.3, -0.25) is 0 Å². The fourth-order valence-electron chi connectivity index (χ4n) is 1.21. The minimum atomic E-state index is -1.32. The fourth-order valence-corrected chi connectivity index (χ4v) is 1.21. The largest absolute Gasteiger partial charge is 0.493 e. The molecule has 1 aromatic carbocycles. The first-order valence-electron chi connectivity index (χ1n) is 4.31. The predicted molar refractivity (Wildman–Crippen MR) is 55.5 cm³/mol. The van der Waals surface area contributed by atoms with Crippen LogP contribution in [0.4, 0.5) is 0 Å². The van der Waals surface area contributed by atoms with Gasteiger partial charge < -0.3 is 19.8 Å². The van der Waals surface area contributed by atoms with Crippen molar-refractivity contribution in [2.45, 2.75) is 0 Å². The number of carboxylic acids is 1. The third-order valence-corrected chi connectivity index (χ3v) is 1.96. The van der Waals surface area contributed by atoms with E-state index in [0.29, 0.717) is 11.5 Å². The van der Waals surface area contributed by atoms with Crippen LogP contribution in [0.15, 0.2) is 23.4 Å². The van der Waals surface area contributed by atoms with Gasteiger partial charge in [0.25, 0.3) is 0 Å². The Kier molecular flexibility index (Phi) is 3.71. The van der Waals surface area contributed by atoms with Gasteiger partial charge in [0.2, 0.25) is 0 Å². The molecule has 16 heavy (non-hydrogen) atoms. The van der Waals surface area contributed by atoms with E-state index >= 15 is 0 Å². The molecular weight excluding hydrogens is 214 g/mol. The van der Waals surface area contributed by atoms with Crippen LogP contribution in [-0.2, 0) is 4.79 Å². The molecule has 0 amide bonds. The van der Waals surface area contributed by atoms with Crippen molar-refractivity contribution in [2.75, 3.05) is 14.2 Å². The van der Waals surface area contributed by atoms with E-state index in [1.165, 1.54) is 32.4 Å². The second-order valence-electron chi connectivity index (χ2n) is 2.82. The number of oxime groups is 1. The number of methoxy groups -OCH3 is 2. The number of carboxylic acid groups (broad SMARTS) is 1. The molecule has 6 nitrogen and oxygen atoms in total. The molecule has 0 aromatic heterocycles. The van der Waals surface area contributed by atoms with E-state index in [-0.39, 0.29) is 5.56 Å². The Morgan fingerprint density at radius 2 is 1.88 bits per heavy atom. The lowest BCUT2D eigenvalue weighted by atomic mass is 10.1. The summed E-state index contributed by atoms with van der Waals surface area (Å²) in [6.45, 7) is 0. The summed E-state index contributed by atoms with van der Waals surface area (Å²) in [6.07, 6.45) is 0. The SMILES string of the molecule is COc1ccc(/C(=N/O)C(=O)O)cc1OC. The van der Waals surface area contributed by atoms with Crippen molar-refractivity contribution in [3.8, 4) is 11.5 Å². The van der Waals surface area contributed by atoms with Crippen molar-refractivity contribution >= 4 is 11.7 Å². The summed E-state index contributed by atoms with van der Waals surface area (Å²) in [5, 5.41) is 20.0. The standard InChI is InChI=1S/C10H11NO5/c1-15-7-4-3-6(5-8(7)16-2)9(11-14)10(12)13/h3-5,14H,1-2H3,(H,12,13)/b11-9-. The summed E-state index contributed by atoms with van der Waals surface area (Å²) in [4.78, 5) is 10.7. The van der Waals surface area contributed by atoms with Gasteiger partial charge in [-0.15, -0.1) is 0 Å². The molecule has 2 N–H and O–H groups in total. The highest BCUT2D eigenvalue weighted by Gasteiger charge is 2.15. The average molecular weight is 225 g/mol. The van der Waals surface area contributed by atoms with Crippen LogP contribution in [0.3, 0.4) is 0 Å². The zero-order valence-electron chi connectivity index (χ0n) is 8.80. The highest BCUT2D eigenvalue weighted by Crippen LogP contribution is 2.27. The molecule has 0 spiro atoms. The number of hydrogen-bond acceptors (Lipinski definition) is 5. The summed E-state index contributed by atoms with van der Waals surface area (Å²) in [5.41, 5.74) is -0.228. The van der Waals surface area contributed by atoms with Gasteiger partial charge in [0, 0.05) is 5.56 Å². The number of carbonyl (C=O) groups is 1. The number of rotatable bonds is 4. The summed E-state index contributed by atoms with van der Waals surface area (Å²) in [6, 6.07) is 4.41. The van der Waals surface area contributed by atoms with Crippen LogP contribution in [-0.4, -0.2) is 36.2 Å². The minimum Gasteiger partial charge on any atom is -0.493 e. The van der Waals surface area contributed by atoms with E-state index < -0.39 is 11.7 Å². The molecular formula is C10H11NO5. The molecule has 0 radical (unpaired) electrons. The van der Waals surface area contributed by atoms with Gasteiger partial charge in [-0.1, -0.05) is 5.16 Å². The minimum absolute atomic E-state index is 0.229. The second-order valence-corrected chi connectivity index (χ2v) is 2.82. The average Bonchev–Trinajstić information content (AvgIpc) is 2.29. The second kappa shape index (κ2) is 5.01. The van der Waals surface area contributed by atoms with Crippen LogP contribution >= 0.6 is 0 Å². The lowest BCUT2D eigenvalue weighted by Crippen LogP contribution is -2.14. The Hall–Kier alpha value is -2.24. The van der Waals surface area contributed by atoms with Crippen molar-refractivity contribution in [3.63, 3.8) is 0 Å². The molecule has 0 unspecified atom stereocenters. The van der Waals surface area contributed by atoms with Gasteiger partial charge in [0.05, 0.1) is 14.2 Å². The van der Waals surface area contributed by atoms with Gasteiger partial charge >= 0.3 is 5.97 Å². The van der Waals surface area contributed by atoms with Crippen LogP contribution < -0.4 is 9.47 Å². The van der Waals surface area contributed by atoms with Crippen molar-refractivity contribution in [1.82, 2.24) is 0 Å². The van der Waals surface area contributed by atoms with E-state index in [2.05, 4.69) is 5.16 Å². The first-order valence-corrected chi connectivity index (χ1v) is 4.31. The maximum absolute atomic E-state index is 10.7. The first-order chi connectivity index (χ1) is 7.63. The zero-order chi connectivity index (χ0) is 12.1. The van der Waals surface area contributed by atoms with Gasteiger partial charge in [-0.2, -0.15) is 0 Å². The number of aliphatic carboxylic acids is 1. The third-order valence-electron chi connectivity index (χ3n) is 1.96. The molecule has 0 saturated heterocycles. The fraction of sp³-hybridized carbons (Fsp3) is 0.200. The summed E-state index contributed by atoms with van der Waals surface area (Å²) >= 11 is 0. The molecule has 1 rings (SSSR count). The van der Waals surface area contributed by atoms with Crippen molar-refractivity contribution < 1.29 is 24.6 Å². The molecule has 0 atom stereocenters. The van der Waals surface area contributed by atoms with E-state index in [1.807, 2.05) is 0 Å². The Morgan fingerprint density at radius 1 is 1.25 bits per heavy atom. The van der Waals surface area contributed by atoms with Gasteiger partial charge in [-0.05, 0) is 18.2 Å². The van der Waals surface area contributed by atoms with Gasteiger partial charge in [-0.25, -0.2) is 4.79 Å². The number of nitrogens with zero attached hydrogens (tertiary/aromatic N) is 1. The molecule has 6 heteroatoms. The normalized spacial score (nSPS) is 11.0. The Labute approximate surface area is 91.7 Å². The maximum atomic E-state index is 10.7. The Bertz CT molecular complexity index is 427. The van der Waals surface area contributed by atoms with Crippen molar-refractivity contribution in [1.29, 1.82) is 0 Å². The maximum Gasteiger partial charge on any atom is 0.358 e. The summed E-state index contributed by atoms with van der Waals surface area (Å²) in [5.74, 6) is -0.494. The Balaban J connectivity index is 3.22. The number of benzene rings is 1. The van der Waals surface area contributed by atoms with Crippen LogP contribution in [0.5, 0.6) is 11.5 Å². The highest BCUT2D eigenvalue weighted by molar-refractivity contribution is 6.42. The van der Waals surface area contributed by atoms with Crippen LogP contribution in [0, 0.1) is 0 Å².